The third-order valence-corrected chi connectivity index (χ3v) is 11.7. The van der Waals surface area contributed by atoms with Gasteiger partial charge in [-0.15, -0.1) is 0 Å². The molecule has 0 aromatic heterocycles. The Kier molecular flexibility index (Phi) is 6.48. The zero-order valence-corrected chi connectivity index (χ0v) is 21.7. The predicted molar refractivity (Wildman–Crippen MR) is 129 cm³/mol. The third kappa shape index (κ3) is 3.24. The molecule has 5 N–H and O–H groups in total. The Hall–Kier alpha value is -1.32. The van der Waals surface area contributed by atoms with Crippen LogP contribution < -0.4 is 0 Å². The van der Waals surface area contributed by atoms with Crippen molar-refractivity contribution in [3.05, 3.63) is 11.1 Å². The van der Waals surface area contributed by atoms with E-state index in [-0.39, 0.29) is 66.3 Å². The van der Waals surface area contributed by atoms with Crippen LogP contribution in [0, 0.1) is 40.4 Å². The van der Waals surface area contributed by atoms with Gasteiger partial charge in [-0.25, -0.2) is 4.79 Å². The molecule has 11 atom stereocenters. The van der Waals surface area contributed by atoms with Gasteiger partial charge in [0.25, 0.3) is 0 Å². The summed E-state index contributed by atoms with van der Waals surface area (Å²) in [7, 11) is 0. The van der Waals surface area contributed by atoms with E-state index in [1.165, 1.54) is 0 Å². The second-order valence-electron chi connectivity index (χ2n) is 12.7. The molecule has 4 saturated carbocycles. The molecule has 0 bridgehead atoms. The van der Waals surface area contributed by atoms with Gasteiger partial charge >= 0.3 is 5.97 Å². The lowest BCUT2D eigenvalue weighted by molar-refractivity contribution is -0.286. The number of carbonyl (C=O) groups is 2. The quantitative estimate of drug-likeness (QED) is 0.361. The minimum absolute atomic E-state index is 0.0471. The highest BCUT2D eigenvalue weighted by Crippen LogP contribution is 2.68. The highest BCUT2D eigenvalue weighted by Gasteiger charge is 2.73. The lowest BCUT2D eigenvalue weighted by atomic mass is 9.41. The number of ether oxygens (including phenoxy) is 1. The van der Waals surface area contributed by atoms with Crippen molar-refractivity contribution in [2.75, 3.05) is 13.2 Å². The first-order chi connectivity index (χ1) is 17.0. The molecule has 8 heteroatoms. The molecule has 5 rings (SSSR count). The molecule has 0 aromatic carbocycles. The minimum Gasteiger partial charge on any atom is -0.458 e. The number of hydrogen-bond donors (Lipinski definition) is 5. The van der Waals surface area contributed by atoms with E-state index in [0.717, 1.165) is 24.8 Å². The Balaban J connectivity index is 1.44. The smallest absolute Gasteiger partial charge is 0.336 e. The number of esters is 1. The number of ketones is 1. The molecule has 0 spiro atoms. The molecule has 4 fully saturated rings. The SMILES string of the molecule is CC1=C(CO)C(=O)OC(C(C)C2CCC3C4CC(O)C5(O)C(O)CCC(=O)C5(CO)C4CCC23C)C1. The van der Waals surface area contributed by atoms with E-state index >= 15 is 0 Å². The topological polar surface area (TPSA) is 145 Å². The van der Waals surface area contributed by atoms with Crippen molar-refractivity contribution in [1.29, 1.82) is 0 Å². The maximum absolute atomic E-state index is 13.4. The molecule has 0 amide bonds. The summed E-state index contributed by atoms with van der Waals surface area (Å²) in [5, 5.41) is 53.8. The van der Waals surface area contributed by atoms with Crippen LogP contribution in [0.2, 0.25) is 0 Å². The molecule has 36 heavy (non-hydrogen) atoms. The van der Waals surface area contributed by atoms with Gasteiger partial charge in [0.2, 0.25) is 0 Å². The Bertz CT molecular complexity index is 961. The summed E-state index contributed by atoms with van der Waals surface area (Å²) in [4.78, 5) is 25.9. The lowest BCUT2D eigenvalue weighted by Crippen LogP contribution is -2.76. The van der Waals surface area contributed by atoms with Crippen molar-refractivity contribution in [2.24, 2.45) is 40.4 Å². The zero-order valence-electron chi connectivity index (χ0n) is 21.7. The van der Waals surface area contributed by atoms with Crippen molar-refractivity contribution in [3.63, 3.8) is 0 Å². The number of Topliss-reactive ketones (excluding diaryl/α,β-unsaturated/α-hetero) is 1. The zero-order chi connectivity index (χ0) is 26.2. The van der Waals surface area contributed by atoms with Crippen molar-refractivity contribution in [3.8, 4) is 0 Å². The predicted octanol–water partition coefficient (Wildman–Crippen LogP) is 1.50. The second kappa shape index (κ2) is 8.87. The molecule has 5 aliphatic rings. The first-order valence-corrected chi connectivity index (χ1v) is 13.7. The minimum atomic E-state index is -2.03. The van der Waals surface area contributed by atoms with Gasteiger partial charge in [0, 0.05) is 12.8 Å². The fraction of sp³-hybridized carbons (Fsp3) is 0.857. The Morgan fingerprint density at radius 2 is 1.78 bits per heavy atom. The van der Waals surface area contributed by atoms with Crippen LogP contribution in [-0.2, 0) is 14.3 Å². The molecule has 1 aliphatic heterocycles. The van der Waals surface area contributed by atoms with E-state index in [1.807, 2.05) is 6.92 Å². The van der Waals surface area contributed by atoms with Gasteiger partial charge < -0.3 is 30.3 Å². The van der Waals surface area contributed by atoms with Crippen molar-refractivity contribution >= 4 is 11.8 Å². The van der Waals surface area contributed by atoms with Gasteiger partial charge in [-0.1, -0.05) is 19.4 Å². The summed E-state index contributed by atoms with van der Waals surface area (Å²) < 4.78 is 5.79. The number of cyclic esters (lactones) is 1. The van der Waals surface area contributed by atoms with Crippen molar-refractivity contribution in [2.45, 2.75) is 96.1 Å². The highest BCUT2D eigenvalue weighted by molar-refractivity contribution is 5.90. The number of aliphatic hydroxyl groups is 5. The molecule has 202 valence electrons. The number of aliphatic hydroxyl groups excluding tert-OH is 4. The monoisotopic (exact) mass is 506 g/mol. The molecule has 0 radical (unpaired) electrons. The Morgan fingerprint density at radius 3 is 2.42 bits per heavy atom. The van der Waals surface area contributed by atoms with Crippen molar-refractivity contribution < 1.29 is 39.9 Å². The van der Waals surface area contributed by atoms with E-state index in [0.29, 0.717) is 24.8 Å². The van der Waals surface area contributed by atoms with Gasteiger partial charge in [0.05, 0.1) is 36.4 Å². The highest BCUT2D eigenvalue weighted by atomic mass is 16.5. The van der Waals surface area contributed by atoms with E-state index in [2.05, 4.69) is 13.8 Å². The Labute approximate surface area is 212 Å². The molecule has 0 aromatic rings. The normalized spacial score (nSPS) is 49.7. The van der Waals surface area contributed by atoms with E-state index < -0.39 is 35.8 Å². The van der Waals surface area contributed by atoms with Crippen LogP contribution in [0.3, 0.4) is 0 Å². The summed E-state index contributed by atoms with van der Waals surface area (Å²) in [6.45, 7) is 5.42. The lowest BCUT2D eigenvalue weighted by Gasteiger charge is -2.65. The fourth-order valence-electron chi connectivity index (χ4n) is 9.76. The van der Waals surface area contributed by atoms with Crippen LogP contribution in [-0.4, -0.2) is 74.4 Å². The molecule has 8 nitrogen and oxygen atoms in total. The van der Waals surface area contributed by atoms with Crippen molar-refractivity contribution in [1.82, 2.24) is 0 Å². The third-order valence-electron chi connectivity index (χ3n) is 11.7. The van der Waals surface area contributed by atoms with E-state index in [4.69, 9.17) is 4.74 Å². The van der Waals surface area contributed by atoms with Crippen LogP contribution in [0.25, 0.3) is 0 Å². The summed E-state index contributed by atoms with van der Waals surface area (Å²) in [6.07, 6.45) is 1.60. The van der Waals surface area contributed by atoms with Crippen LogP contribution in [0.4, 0.5) is 0 Å². The molecule has 4 aliphatic carbocycles. The van der Waals surface area contributed by atoms with Crippen LogP contribution >= 0.6 is 0 Å². The first kappa shape index (κ1) is 26.3. The first-order valence-electron chi connectivity index (χ1n) is 13.7. The molecular formula is C28H42O8. The average molecular weight is 507 g/mol. The molecule has 11 unspecified atom stereocenters. The van der Waals surface area contributed by atoms with Gasteiger partial charge in [0.15, 0.2) is 0 Å². The van der Waals surface area contributed by atoms with Gasteiger partial charge in [-0.05, 0) is 80.5 Å². The van der Waals surface area contributed by atoms with E-state index in [1.54, 1.807) is 0 Å². The summed E-state index contributed by atoms with van der Waals surface area (Å²) in [5.74, 6) is -0.442. The number of rotatable bonds is 4. The average Bonchev–Trinajstić information content (AvgIpc) is 3.19. The van der Waals surface area contributed by atoms with Crippen LogP contribution in [0.15, 0.2) is 11.1 Å². The number of hydrogen-bond acceptors (Lipinski definition) is 8. The summed E-state index contributed by atoms with van der Waals surface area (Å²) >= 11 is 0. The molecule has 0 saturated heterocycles. The standard InChI is InChI=1S/C28H42O8/c1-14-10-21(36-25(34)17(14)12-29)15(2)18-4-5-19-16-11-24(33)28(35)23(32)7-6-22(31)27(28,13-30)20(16)8-9-26(18,19)3/h15-16,18-21,23-24,29-30,32-33,35H,4-13H2,1-3H3. The largest absolute Gasteiger partial charge is 0.458 e. The molecular weight excluding hydrogens is 464 g/mol. The van der Waals surface area contributed by atoms with Gasteiger partial charge in [-0.2, -0.15) is 0 Å². The number of fused-ring (bicyclic) bond motifs is 5. The van der Waals surface area contributed by atoms with E-state index in [9.17, 15) is 35.1 Å². The summed E-state index contributed by atoms with van der Waals surface area (Å²) in [5.41, 5.74) is -2.43. The van der Waals surface area contributed by atoms with Crippen LogP contribution in [0.5, 0.6) is 0 Å². The fourth-order valence-corrected chi connectivity index (χ4v) is 9.76. The maximum atomic E-state index is 13.4. The maximum Gasteiger partial charge on any atom is 0.336 e. The second-order valence-corrected chi connectivity index (χ2v) is 12.7. The van der Waals surface area contributed by atoms with Gasteiger partial charge in [-0.3, -0.25) is 4.79 Å². The number of carbonyl (C=O) groups excluding carboxylic acids is 2. The summed E-state index contributed by atoms with van der Waals surface area (Å²) in [6, 6.07) is 0. The Morgan fingerprint density at radius 1 is 1.06 bits per heavy atom. The molecule has 1 heterocycles. The van der Waals surface area contributed by atoms with Crippen LogP contribution in [0.1, 0.15) is 72.1 Å². The van der Waals surface area contributed by atoms with Gasteiger partial charge in [0.1, 0.15) is 17.5 Å².